The summed E-state index contributed by atoms with van der Waals surface area (Å²) >= 11 is 0. The van der Waals surface area contributed by atoms with Crippen molar-refractivity contribution in [2.75, 3.05) is 0 Å². The van der Waals surface area contributed by atoms with Crippen molar-refractivity contribution in [2.45, 2.75) is 94.1 Å². The standard InChI is InChI=1S/C21H30N2O6Si/c1-9-21(23-11-10-14(24)22-16(23)25)19(8,26)15-20(29-21)12-13(20)27-30(28-15,17(2,3)4)18(5,6)7/h1,10-11,13,15,26H,12H2,2-8H3,(H,22,24,25)/t13?,15?,19-,20?,21-/m1/s1. The summed E-state index contributed by atoms with van der Waals surface area (Å²) in [7, 11) is -2.94. The molecule has 0 radical (unpaired) electrons. The van der Waals surface area contributed by atoms with Crippen molar-refractivity contribution in [1.29, 1.82) is 0 Å². The molecule has 2 aliphatic heterocycles. The van der Waals surface area contributed by atoms with Crippen LogP contribution in [0.3, 0.4) is 0 Å². The van der Waals surface area contributed by atoms with E-state index in [0.717, 1.165) is 4.57 Å². The van der Waals surface area contributed by atoms with Gasteiger partial charge in [-0.25, -0.2) is 4.79 Å². The van der Waals surface area contributed by atoms with E-state index in [9.17, 15) is 14.7 Å². The Balaban J connectivity index is 1.90. The average molecular weight is 435 g/mol. The Morgan fingerprint density at radius 1 is 1.23 bits per heavy atom. The summed E-state index contributed by atoms with van der Waals surface area (Å²) in [6.07, 6.45) is 6.56. The number of nitrogens with zero attached hydrogens (tertiary/aromatic N) is 1. The van der Waals surface area contributed by atoms with Gasteiger partial charge in [-0.05, 0) is 12.8 Å². The highest BCUT2D eigenvalue weighted by molar-refractivity contribution is 6.73. The lowest BCUT2D eigenvalue weighted by Gasteiger charge is -2.54. The molecule has 3 unspecified atom stereocenters. The molecule has 5 atom stereocenters. The molecule has 0 bridgehead atoms. The Kier molecular flexibility index (Phi) is 4.13. The van der Waals surface area contributed by atoms with Crippen molar-refractivity contribution in [3.05, 3.63) is 33.1 Å². The van der Waals surface area contributed by atoms with Gasteiger partial charge in [-0.3, -0.25) is 14.3 Å². The molecule has 1 spiro atoms. The van der Waals surface area contributed by atoms with Crippen LogP contribution in [-0.2, 0) is 19.3 Å². The van der Waals surface area contributed by atoms with Crippen LogP contribution in [0.1, 0.15) is 54.9 Å². The van der Waals surface area contributed by atoms with Gasteiger partial charge in [0.15, 0.2) is 0 Å². The quantitative estimate of drug-likeness (QED) is 0.514. The molecule has 1 aromatic rings. The molecule has 2 saturated heterocycles. The normalized spacial score (nSPS) is 39.7. The van der Waals surface area contributed by atoms with Gasteiger partial charge in [-0.2, -0.15) is 0 Å². The number of aliphatic hydroxyl groups is 1. The summed E-state index contributed by atoms with van der Waals surface area (Å²) in [6.45, 7) is 14.1. The Bertz CT molecular complexity index is 1040. The molecule has 164 valence electrons. The Labute approximate surface area is 176 Å². The largest absolute Gasteiger partial charge is 0.387 e. The Morgan fingerprint density at radius 2 is 1.83 bits per heavy atom. The monoisotopic (exact) mass is 434 g/mol. The lowest BCUT2D eigenvalue weighted by atomic mass is 9.87. The predicted molar refractivity (Wildman–Crippen MR) is 112 cm³/mol. The van der Waals surface area contributed by atoms with Gasteiger partial charge < -0.3 is 18.7 Å². The summed E-state index contributed by atoms with van der Waals surface area (Å²) in [5.41, 5.74) is -5.87. The molecule has 1 aromatic heterocycles. The van der Waals surface area contributed by atoms with Gasteiger partial charge in [0.1, 0.15) is 17.3 Å². The first kappa shape index (κ1) is 21.5. The van der Waals surface area contributed by atoms with Crippen molar-refractivity contribution < 1.29 is 18.7 Å². The summed E-state index contributed by atoms with van der Waals surface area (Å²) in [5, 5.41) is 11.2. The van der Waals surface area contributed by atoms with Crippen LogP contribution < -0.4 is 11.2 Å². The van der Waals surface area contributed by atoms with Crippen molar-refractivity contribution >= 4 is 8.56 Å². The van der Waals surface area contributed by atoms with E-state index in [-0.39, 0.29) is 16.2 Å². The fraction of sp³-hybridized carbons (Fsp3) is 0.714. The van der Waals surface area contributed by atoms with Gasteiger partial charge in [0.25, 0.3) is 5.56 Å². The third-order valence-corrected chi connectivity index (χ3v) is 11.9. The number of terminal acetylenes is 1. The second-order valence-electron chi connectivity index (χ2n) is 10.9. The molecular formula is C21H30N2O6Si. The van der Waals surface area contributed by atoms with Crippen LogP contribution in [0.2, 0.25) is 10.1 Å². The van der Waals surface area contributed by atoms with Crippen LogP contribution in [0.25, 0.3) is 0 Å². The fourth-order valence-electron chi connectivity index (χ4n) is 5.48. The van der Waals surface area contributed by atoms with Crippen LogP contribution in [0.4, 0.5) is 0 Å². The van der Waals surface area contributed by atoms with E-state index >= 15 is 0 Å². The van der Waals surface area contributed by atoms with Gasteiger partial charge in [0.05, 0.1) is 6.10 Å². The van der Waals surface area contributed by atoms with Gasteiger partial charge in [-0.15, -0.1) is 6.42 Å². The topological polar surface area (TPSA) is 103 Å². The minimum atomic E-state index is -2.94. The number of aromatic amines is 1. The van der Waals surface area contributed by atoms with E-state index in [0.29, 0.717) is 6.42 Å². The minimum absolute atomic E-state index is 0.290. The van der Waals surface area contributed by atoms with Crippen LogP contribution >= 0.6 is 0 Å². The molecule has 1 aliphatic carbocycles. The molecule has 30 heavy (non-hydrogen) atoms. The van der Waals surface area contributed by atoms with Gasteiger partial charge in [0, 0.05) is 28.8 Å². The zero-order valence-corrected chi connectivity index (χ0v) is 19.5. The number of rotatable bonds is 1. The maximum absolute atomic E-state index is 12.6. The molecule has 1 saturated carbocycles. The van der Waals surface area contributed by atoms with Crippen molar-refractivity contribution in [3.63, 3.8) is 0 Å². The SMILES string of the molecule is C#C[C@@]1(n2ccc(=O)[nH]c2=O)OC23CC2O[Si](C(C)(C)C)(C(C)(C)C)OC3[C@@]1(C)O. The van der Waals surface area contributed by atoms with Gasteiger partial charge in [0.2, 0.25) is 5.72 Å². The van der Waals surface area contributed by atoms with E-state index in [4.69, 9.17) is 20.0 Å². The smallest absolute Gasteiger partial charge is 0.350 e. The lowest BCUT2D eigenvalue weighted by molar-refractivity contribution is -0.150. The van der Waals surface area contributed by atoms with Crippen LogP contribution in [0.15, 0.2) is 21.9 Å². The molecule has 3 aliphatic rings. The Hall–Kier alpha value is -1.70. The highest BCUT2D eigenvalue weighted by Crippen LogP contribution is 2.69. The third-order valence-electron chi connectivity index (χ3n) is 6.79. The Morgan fingerprint density at radius 3 is 2.33 bits per heavy atom. The molecule has 3 fully saturated rings. The van der Waals surface area contributed by atoms with E-state index in [1.165, 1.54) is 19.2 Å². The summed E-state index contributed by atoms with van der Waals surface area (Å²) in [5.74, 6) is 2.51. The average Bonchev–Trinajstić information content (AvgIpc) is 3.25. The number of H-pyrrole nitrogens is 1. The number of nitrogens with one attached hydrogen (secondary N) is 1. The van der Waals surface area contributed by atoms with E-state index in [1.54, 1.807) is 0 Å². The van der Waals surface area contributed by atoms with Crippen molar-refractivity contribution in [1.82, 2.24) is 9.55 Å². The summed E-state index contributed by atoms with van der Waals surface area (Å²) < 4.78 is 20.9. The first-order valence-electron chi connectivity index (χ1n) is 10.2. The summed E-state index contributed by atoms with van der Waals surface area (Å²) in [6, 6.07) is 1.17. The zero-order chi connectivity index (χ0) is 22.5. The van der Waals surface area contributed by atoms with Crippen LogP contribution in [0.5, 0.6) is 0 Å². The molecular weight excluding hydrogens is 404 g/mol. The molecule has 0 aromatic carbocycles. The second kappa shape index (κ2) is 5.75. The molecule has 0 amide bonds. The number of ether oxygens (including phenoxy) is 1. The molecule has 4 rings (SSSR count). The highest BCUT2D eigenvalue weighted by Gasteiger charge is 2.85. The fourth-order valence-corrected chi connectivity index (χ4v) is 10.6. The minimum Gasteiger partial charge on any atom is -0.387 e. The zero-order valence-electron chi connectivity index (χ0n) is 18.5. The first-order valence-corrected chi connectivity index (χ1v) is 12.0. The second-order valence-corrected chi connectivity index (χ2v) is 15.6. The molecule has 3 heterocycles. The van der Waals surface area contributed by atoms with Gasteiger partial charge in [-0.1, -0.05) is 41.5 Å². The highest BCUT2D eigenvalue weighted by atomic mass is 28.4. The number of hydrogen-bond donors (Lipinski definition) is 2. The maximum atomic E-state index is 12.6. The molecule has 9 heteroatoms. The van der Waals surface area contributed by atoms with E-state index in [1.807, 2.05) is 0 Å². The van der Waals surface area contributed by atoms with Gasteiger partial charge >= 0.3 is 14.3 Å². The van der Waals surface area contributed by atoms with E-state index in [2.05, 4.69) is 52.4 Å². The molecule has 8 nitrogen and oxygen atoms in total. The third kappa shape index (κ3) is 2.37. The lowest BCUT2D eigenvalue weighted by Crippen LogP contribution is -2.68. The van der Waals surface area contributed by atoms with Crippen LogP contribution in [-0.4, -0.2) is 46.6 Å². The van der Waals surface area contributed by atoms with Crippen molar-refractivity contribution in [2.24, 2.45) is 0 Å². The number of hydrogen-bond acceptors (Lipinski definition) is 6. The molecule has 2 N–H and O–H groups in total. The van der Waals surface area contributed by atoms with E-state index < -0.39 is 42.8 Å². The van der Waals surface area contributed by atoms with Crippen molar-refractivity contribution in [3.8, 4) is 12.3 Å². The first-order chi connectivity index (χ1) is 13.6. The summed E-state index contributed by atoms with van der Waals surface area (Å²) in [4.78, 5) is 26.4. The van der Waals surface area contributed by atoms with Crippen LogP contribution in [0, 0.1) is 12.3 Å². The number of aromatic nitrogens is 2. The predicted octanol–water partition coefficient (Wildman–Crippen LogP) is 1.57. The maximum Gasteiger partial charge on any atom is 0.350 e.